The summed E-state index contributed by atoms with van der Waals surface area (Å²) in [4.78, 5) is 30.7. The first-order valence-corrected chi connectivity index (χ1v) is 3.44. The summed E-state index contributed by atoms with van der Waals surface area (Å²) >= 11 is 0. The van der Waals surface area contributed by atoms with E-state index in [1.54, 1.807) is 0 Å². The molecular formula is C6H12N2O6. The van der Waals surface area contributed by atoms with Gasteiger partial charge in [0.05, 0.1) is 0 Å². The van der Waals surface area contributed by atoms with Crippen LogP contribution in [-0.4, -0.2) is 39.7 Å². The van der Waals surface area contributed by atoms with Crippen molar-refractivity contribution in [3.8, 4) is 0 Å². The molecule has 0 spiro atoms. The second-order valence-electron chi connectivity index (χ2n) is 2.33. The Kier molecular flexibility index (Phi) is 6.98. The summed E-state index contributed by atoms with van der Waals surface area (Å²) < 4.78 is 0. The lowest BCUT2D eigenvalue weighted by atomic mass is 10.1. The highest BCUT2D eigenvalue weighted by molar-refractivity contribution is 5.82. The van der Waals surface area contributed by atoms with Crippen LogP contribution in [0.4, 0.5) is 4.79 Å². The Morgan fingerprint density at radius 3 is 2.07 bits per heavy atom. The fourth-order valence-electron chi connectivity index (χ4n) is 0.697. The number of aliphatic carboxylic acids is 2. The average molecular weight is 208 g/mol. The third kappa shape index (κ3) is 6.85. The van der Waals surface area contributed by atoms with Gasteiger partial charge in [-0.3, -0.25) is 4.79 Å². The molecule has 8 nitrogen and oxygen atoms in total. The Morgan fingerprint density at radius 1 is 1.29 bits per heavy atom. The third-order valence-corrected chi connectivity index (χ3v) is 1.26. The van der Waals surface area contributed by atoms with Gasteiger partial charge in [-0.05, 0) is 6.42 Å². The Morgan fingerprint density at radius 2 is 1.79 bits per heavy atom. The minimum atomic E-state index is -1.31. The summed E-state index contributed by atoms with van der Waals surface area (Å²) in [6.45, 7) is 0. The summed E-state index contributed by atoms with van der Waals surface area (Å²) in [6.07, 6.45) is -0.523. The minimum Gasteiger partial charge on any atom is -0.481 e. The highest BCUT2D eigenvalue weighted by Gasteiger charge is 2.19. The van der Waals surface area contributed by atoms with Gasteiger partial charge >= 0.3 is 18.0 Å². The number of nitrogens with one attached hydrogen (secondary N) is 1. The molecule has 82 valence electrons. The van der Waals surface area contributed by atoms with E-state index in [-0.39, 0.29) is 18.3 Å². The number of urea groups is 1. The molecule has 0 saturated heterocycles. The van der Waals surface area contributed by atoms with E-state index in [1.807, 2.05) is 5.32 Å². The van der Waals surface area contributed by atoms with Crippen LogP contribution in [0.15, 0.2) is 0 Å². The molecule has 14 heavy (non-hydrogen) atoms. The van der Waals surface area contributed by atoms with Crippen LogP contribution in [0.25, 0.3) is 0 Å². The zero-order valence-corrected chi connectivity index (χ0v) is 7.19. The van der Waals surface area contributed by atoms with Crippen LogP contribution in [0.1, 0.15) is 12.8 Å². The molecule has 0 fully saturated rings. The van der Waals surface area contributed by atoms with Crippen molar-refractivity contribution in [2.75, 3.05) is 0 Å². The molecule has 0 aliphatic rings. The van der Waals surface area contributed by atoms with Gasteiger partial charge in [-0.1, -0.05) is 0 Å². The normalized spacial score (nSPS) is 10.9. The predicted molar refractivity (Wildman–Crippen MR) is 44.6 cm³/mol. The van der Waals surface area contributed by atoms with Crippen molar-refractivity contribution in [2.24, 2.45) is 5.73 Å². The molecule has 0 radical (unpaired) electrons. The van der Waals surface area contributed by atoms with Crippen LogP contribution in [0.3, 0.4) is 0 Å². The van der Waals surface area contributed by atoms with E-state index in [1.165, 1.54) is 0 Å². The van der Waals surface area contributed by atoms with Gasteiger partial charge in [-0.2, -0.15) is 0 Å². The number of primary amides is 1. The number of carboxylic acid groups (broad SMARTS) is 2. The number of amides is 2. The van der Waals surface area contributed by atoms with E-state index in [0.29, 0.717) is 0 Å². The van der Waals surface area contributed by atoms with Crippen molar-refractivity contribution in [1.82, 2.24) is 5.32 Å². The molecular weight excluding hydrogens is 196 g/mol. The van der Waals surface area contributed by atoms with Crippen LogP contribution >= 0.6 is 0 Å². The van der Waals surface area contributed by atoms with E-state index >= 15 is 0 Å². The van der Waals surface area contributed by atoms with Crippen LogP contribution in [0.2, 0.25) is 0 Å². The van der Waals surface area contributed by atoms with Crippen LogP contribution in [0.5, 0.6) is 0 Å². The SMILES string of the molecule is NC(=O)N[C@@H](CCC(=O)O)C(=O)O.O. The number of carboxylic acids is 2. The van der Waals surface area contributed by atoms with Crippen molar-refractivity contribution in [1.29, 1.82) is 0 Å². The molecule has 0 heterocycles. The Balaban J connectivity index is 0. The van der Waals surface area contributed by atoms with Gasteiger partial charge in [0.2, 0.25) is 0 Å². The maximum Gasteiger partial charge on any atom is 0.326 e. The second kappa shape index (κ2) is 6.66. The van der Waals surface area contributed by atoms with Crippen molar-refractivity contribution in [3.63, 3.8) is 0 Å². The smallest absolute Gasteiger partial charge is 0.326 e. The number of nitrogens with two attached hydrogens (primary N) is 1. The first kappa shape index (κ1) is 14.7. The van der Waals surface area contributed by atoms with Crippen LogP contribution in [0, 0.1) is 0 Å². The van der Waals surface area contributed by atoms with Gasteiger partial charge in [0.15, 0.2) is 0 Å². The molecule has 8 heteroatoms. The number of hydrogen-bond donors (Lipinski definition) is 4. The maximum atomic E-state index is 10.4. The lowest BCUT2D eigenvalue weighted by Crippen LogP contribution is -2.43. The van der Waals surface area contributed by atoms with Crippen molar-refractivity contribution in [3.05, 3.63) is 0 Å². The summed E-state index contributed by atoms with van der Waals surface area (Å²) in [5.41, 5.74) is 4.68. The predicted octanol–water partition coefficient (Wildman–Crippen LogP) is -1.85. The number of rotatable bonds is 5. The first-order chi connectivity index (χ1) is 5.93. The molecule has 0 aromatic carbocycles. The fourth-order valence-corrected chi connectivity index (χ4v) is 0.697. The molecule has 2 amide bonds. The zero-order valence-electron chi connectivity index (χ0n) is 7.19. The van der Waals surface area contributed by atoms with Crippen molar-refractivity contribution in [2.45, 2.75) is 18.9 Å². The topological polar surface area (TPSA) is 161 Å². The van der Waals surface area contributed by atoms with Crippen LogP contribution < -0.4 is 11.1 Å². The molecule has 0 bridgehead atoms. The van der Waals surface area contributed by atoms with Crippen molar-refractivity contribution >= 4 is 18.0 Å². The summed E-state index contributed by atoms with van der Waals surface area (Å²) in [5.74, 6) is -2.43. The Labute approximate surface area is 79.0 Å². The summed E-state index contributed by atoms with van der Waals surface area (Å²) in [7, 11) is 0. The van der Waals surface area contributed by atoms with Crippen molar-refractivity contribution < 1.29 is 30.1 Å². The van der Waals surface area contributed by atoms with Gasteiger partial charge < -0.3 is 26.7 Å². The molecule has 7 N–H and O–H groups in total. The number of carbonyl (C=O) groups excluding carboxylic acids is 1. The highest BCUT2D eigenvalue weighted by Crippen LogP contribution is 1.97. The number of carbonyl (C=O) groups is 3. The molecule has 0 rings (SSSR count). The largest absolute Gasteiger partial charge is 0.481 e. The monoisotopic (exact) mass is 208 g/mol. The van der Waals surface area contributed by atoms with Crippen LogP contribution in [-0.2, 0) is 9.59 Å². The summed E-state index contributed by atoms with van der Waals surface area (Å²) in [5, 5.41) is 18.6. The van der Waals surface area contributed by atoms with E-state index in [2.05, 4.69) is 5.73 Å². The maximum absolute atomic E-state index is 10.4. The van der Waals surface area contributed by atoms with E-state index in [9.17, 15) is 14.4 Å². The average Bonchev–Trinajstić information content (AvgIpc) is 1.96. The molecule has 1 atom stereocenters. The Hall–Kier alpha value is -1.83. The molecule has 0 aliphatic heterocycles. The first-order valence-electron chi connectivity index (χ1n) is 3.44. The van der Waals surface area contributed by atoms with Gasteiger partial charge in [-0.25, -0.2) is 9.59 Å². The van der Waals surface area contributed by atoms with Gasteiger partial charge in [-0.15, -0.1) is 0 Å². The molecule has 0 unspecified atom stereocenters. The van der Waals surface area contributed by atoms with E-state index < -0.39 is 24.0 Å². The van der Waals surface area contributed by atoms with Gasteiger partial charge in [0, 0.05) is 6.42 Å². The quantitative estimate of drug-likeness (QED) is 0.416. The molecule has 0 aromatic rings. The lowest BCUT2D eigenvalue weighted by Gasteiger charge is -2.10. The number of hydrogen-bond acceptors (Lipinski definition) is 3. The van der Waals surface area contributed by atoms with Gasteiger partial charge in [0.25, 0.3) is 0 Å². The minimum absolute atomic E-state index is 0. The molecule has 0 aliphatic carbocycles. The van der Waals surface area contributed by atoms with Gasteiger partial charge in [0.1, 0.15) is 6.04 Å². The standard InChI is InChI=1S/C6H10N2O5.H2O/c7-6(13)8-3(5(11)12)1-2-4(9)10;/h3H,1-2H2,(H,9,10)(H,11,12)(H3,7,8,13);1H2/t3-;/m0./s1. The fraction of sp³-hybridized carbons (Fsp3) is 0.500. The third-order valence-electron chi connectivity index (χ3n) is 1.26. The molecule has 0 aromatic heterocycles. The lowest BCUT2D eigenvalue weighted by molar-refractivity contribution is -0.140. The summed E-state index contributed by atoms with van der Waals surface area (Å²) in [6, 6.07) is -2.23. The second-order valence-corrected chi connectivity index (χ2v) is 2.33. The zero-order chi connectivity index (χ0) is 10.4. The Bertz CT molecular complexity index is 228. The van der Waals surface area contributed by atoms with E-state index in [0.717, 1.165) is 0 Å². The molecule has 0 saturated carbocycles. The van der Waals surface area contributed by atoms with E-state index in [4.69, 9.17) is 10.2 Å². The highest BCUT2D eigenvalue weighted by atomic mass is 16.4.